The largest absolute Gasteiger partial charge is 0.491 e. The van der Waals surface area contributed by atoms with Gasteiger partial charge in [-0.05, 0) is 38.7 Å². The summed E-state index contributed by atoms with van der Waals surface area (Å²) in [6.07, 6.45) is 3.03. The Hall–Kier alpha value is -2.61. The lowest BCUT2D eigenvalue weighted by molar-refractivity contribution is -0.115. The highest BCUT2D eigenvalue weighted by molar-refractivity contribution is 7.98. The number of hydrogen-bond acceptors (Lipinski definition) is 6. The van der Waals surface area contributed by atoms with Crippen LogP contribution in [0.15, 0.2) is 29.4 Å². The summed E-state index contributed by atoms with van der Waals surface area (Å²) in [5.74, 6) is 1.10. The van der Waals surface area contributed by atoms with E-state index < -0.39 is 0 Å². The van der Waals surface area contributed by atoms with E-state index in [4.69, 9.17) is 4.74 Å². The van der Waals surface area contributed by atoms with Gasteiger partial charge in [-0.1, -0.05) is 30.8 Å². The zero-order valence-electron chi connectivity index (χ0n) is 15.9. The van der Waals surface area contributed by atoms with Gasteiger partial charge in [-0.25, -0.2) is 9.50 Å². The van der Waals surface area contributed by atoms with Gasteiger partial charge in [0.15, 0.2) is 0 Å². The van der Waals surface area contributed by atoms with Crippen molar-refractivity contribution in [2.24, 2.45) is 0 Å². The molecular formula is C19H23N5O2S. The number of amides is 1. The van der Waals surface area contributed by atoms with Crippen molar-refractivity contribution >= 4 is 29.1 Å². The third-order valence-electron chi connectivity index (χ3n) is 4.17. The van der Waals surface area contributed by atoms with Crippen LogP contribution in [0.4, 0.5) is 5.69 Å². The second kappa shape index (κ2) is 8.39. The van der Waals surface area contributed by atoms with Crippen molar-refractivity contribution in [2.75, 3.05) is 18.2 Å². The molecule has 0 aliphatic carbocycles. The normalized spacial score (nSPS) is 11.0. The Bertz CT molecular complexity index is 970. The maximum absolute atomic E-state index is 12.7. The minimum atomic E-state index is -0.125. The molecule has 2 aromatic heterocycles. The summed E-state index contributed by atoms with van der Waals surface area (Å²) in [4.78, 5) is 21.5. The molecule has 27 heavy (non-hydrogen) atoms. The fourth-order valence-electron chi connectivity index (χ4n) is 2.80. The Labute approximate surface area is 162 Å². The molecule has 142 valence electrons. The first-order valence-electron chi connectivity index (χ1n) is 8.82. The molecule has 0 saturated heterocycles. The first kappa shape index (κ1) is 19.2. The highest BCUT2D eigenvalue weighted by Gasteiger charge is 2.17. The molecule has 0 spiro atoms. The molecule has 3 aromatic rings. The number of carbonyl (C=O) groups excluding carboxylic acids is 1. The Kier molecular flexibility index (Phi) is 5.95. The van der Waals surface area contributed by atoms with Crippen molar-refractivity contribution in [1.82, 2.24) is 19.6 Å². The molecule has 7 nitrogen and oxygen atoms in total. The van der Waals surface area contributed by atoms with Gasteiger partial charge < -0.3 is 10.1 Å². The van der Waals surface area contributed by atoms with Crippen LogP contribution in [0.5, 0.6) is 5.75 Å². The summed E-state index contributed by atoms with van der Waals surface area (Å²) >= 11 is 1.46. The second-order valence-corrected chi connectivity index (χ2v) is 6.91. The number of nitrogens with one attached hydrogen (secondary N) is 1. The predicted molar refractivity (Wildman–Crippen MR) is 107 cm³/mol. The lowest BCUT2D eigenvalue weighted by Gasteiger charge is -2.13. The molecule has 0 atom stereocenters. The van der Waals surface area contributed by atoms with Crippen molar-refractivity contribution in [1.29, 1.82) is 0 Å². The van der Waals surface area contributed by atoms with Gasteiger partial charge in [-0.2, -0.15) is 4.98 Å². The molecule has 0 saturated carbocycles. The van der Waals surface area contributed by atoms with Crippen molar-refractivity contribution in [3.05, 3.63) is 41.2 Å². The molecule has 8 heteroatoms. The summed E-state index contributed by atoms with van der Waals surface area (Å²) in [5.41, 5.74) is 3.18. The number of ether oxygens (including phenoxy) is 1. The first-order chi connectivity index (χ1) is 13.0. The number of aryl methyl sites for hydroxylation is 2. The first-order valence-corrected chi connectivity index (χ1v) is 10.0. The van der Waals surface area contributed by atoms with E-state index in [1.165, 1.54) is 11.8 Å². The van der Waals surface area contributed by atoms with Gasteiger partial charge in [0, 0.05) is 17.0 Å². The Morgan fingerprint density at radius 3 is 2.78 bits per heavy atom. The van der Waals surface area contributed by atoms with E-state index in [0.29, 0.717) is 29.0 Å². The lowest BCUT2D eigenvalue weighted by atomic mass is 10.1. The second-order valence-electron chi connectivity index (χ2n) is 6.14. The summed E-state index contributed by atoms with van der Waals surface area (Å²) in [7, 11) is 0. The van der Waals surface area contributed by atoms with E-state index in [0.717, 1.165) is 23.4 Å². The summed E-state index contributed by atoms with van der Waals surface area (Å²) in [5, 5.41) is 8.03. The van der Waals surface area contributed by atoms with Gasteiger partial charge in [-0.15, -0.1) is 5.10 Å². The SMILES string of the molecule is CCCOc1ccccc1NC(=O)Cc1c(C)nc2nc(SC)nn2c1C. The highest BCUT2D eigenvalue weighted by Crippen LogP contribution is 2.24. The topological polar surface area (TPSA) is 81.4 Å². The van der Waals surface area contributed by atoms with E-state index in [1.54, 1.807) is 4.52 Å². The number of nitrogens with zero attached hydrogens (tertiary/aromatic N) is 4. The van der Waals surface area contributed by atoms with E-state index >= 15 is 0 Å². The number of anilines is 1. The van der Waals surface area contributed by atoms with Gasteiger partial charge in [0.1, 0.15) is 5.75 Å². The fraction of sp³-hybridized carbons (Fsp3) is 0.368. The van der Waals surface area contributed by atoms with Crippen LogP contribution < -0.4 is 10.1 Å². The number of para-hydroxylation sites is 2. The Morgan fingerprint density at radius 1 is 1.26 bits per heavy atom. The summed E-state index contributed by atoms with van der Waals surface area (Å²) < 4.78 is 7.40. The van der Waals surface area contributed by atoms with Gasteiger partial charge in [-0.3, -0.25) is 4.79 Å². The van der Waals surface area contributed by atoms with E-state index in [9.17, 15) is 4.79 Å². The molecule has 2 heterocycles. The van der Waals surface area contributed by atoms with Crippen LogP contribution in [0.1, 0.15) is 30.3 Å². The molecule has 0 aliphatic rings. The number of thioether (sulfide) groups is 1. The van der Waals surface area contributed by atoms with Crippen LogP contribution in [0, 0.1) is 13.8 Å². The fourth-order valence-corrected chi connectivity index (χ4v) is 3.13. The zero-order chi connectivity index (χ0) is 19.4. The van der Waals surface area contributed by atoms with E-state index in [-0.39, 0.29) is 12.3 Å². The van der Waals surface area contributed by atoms with Crippen LogP contribution >= 0.6 is 11.8 Å². The van der Waals surface area contributed by atoms with Crippen molar-refractivity contribution in [3.8, 4) is 5.75 Å². The Morgan fingerprint density at radius 2 is 2.04 bits per heavy atom. The van der Waals surface area contributed by atoms with Crippen molar-refractivity contribution in [2.45, 2.75) is 38.8 Å². The van der Waals surface area contributed by atoms with Crippen LogP contribution in [-0.4, -0.2) is 38.4 Å². The van der Waals surface area contributed by atoms with Gasteiger partial charge in [0.2, 0.25) is 11.1 Å². The van der Waals surface area contributed by atoms with Crippen molar-refractivity contribution in [3.63, 3.8) is 0 Å². The molecule has 0 unspecified atom stereocenters. The average molecular weight is 385 g/mol. The molecule has 0 radical (unpaired) electrons. The zero-order valence-corrected chi connectivity index (χ0v) is 16.8. The number of aromatic nitrogens is 4. The molecule has 1 aromatic carbocycles. The Balaban J connectivity index is 1.82. The number of carbonyl (C=O) groups is 1. The van der Waals surface area contributed by atoms with Gasteiger partial charge in [0.05, 0.1) is 18.7 Å². The number of fused-ring (bicyclic) bond motifs is 1. The predicted octanol–water partition coefficient (Wildman–Crippen LogP) is 3.43. The average Bonchev–Trinajstić information content (AvgIpc) is 3.07. The minimum absolute atomic E-state index is 0.125. The summed E-state index contributed by atoms with van der Waals surface area (Å²) in [6, 6.07) is 7.46. The van der Waals surface area contributed by atoms with Crippen molar-refractivity contribution < 1.29 is 9.53 Å². The third-order valence-corrected chi connectivity index (χ3v) is 4.71. The lowest BCUT2D eigenvalue weighted by Crippen LogP contribution is -2.18. The molecule has 0 bridgehead atoms. The molecule has 0 aliphatic heterocycles. The standard InChI is InChI=1S/C19H23N5O2S/c1-5-10-26-16-9-7-6-8-15(16)21-17(25)11-14-12(2)20-18-22-19(27-4)23-24(18)13(14)3/h6-9H,5,10-11H2,1-4H3,(H,21,25). The molecule has 1 amide bonds. The van der Waals surface area contributed by atoms with Crippen LogP contribution in [0.25, 0.3) is 5.78 Å². The monoisotopic (exact) mass is 385 g/mol. The van der Waals surface area contributed by atoms with Crippen LogP contribution in [-0.2, 0) is 11.2 Å². The van der Waals surface area contributed by atoms with Crippen LogP contribution in [0.3, 0.4) is 0 Å². The van der Waals surface area contributed by atoms with E-state index in [1.807, 2.05) is 51.3 Å². The maximum atomic E-state index is 12.7. The minimum Gasteiger partial charge on any atom is -0.491 e. The smallest absolute Gasteiger partial charge is 0.253 e. The van der Waals surface area contributed by atoms with Crippen LogP contribution in [0.2, 0.25) is 0 Å². The van der Waals surface area contributed by atoms with Gasteiger partial charge >= 0.3 is 0 Å². The maximum Gasteiger partial charge on any atom is 0.253 e. The molecular weight excluding hydrogens is 362 g/mol. The molecule has 3 rings (SSSR count). The molecule has 0 fully saturated rings. The third kappa shape index (κ3) is 4.21. The number of rotatable bonds is 7. The number of benzene rings is 1. The highest BCUT2D eigenvalue weighted by atomic mass is 32.2. The molecule has 1 N–H and O–H groups in total. The summed E-state index contributed by atoms with van der Waals surface area (Å²) in [6.45, 7) is 6.47. The van der Waals surface area contributed by atoms with Gasteiger partial charge in [0.25, 0.3) is 5.78 Å². The van der Waals surface area contributed by atoms with E-state index in [2.05, 4.69) is 20.4 Å². The number of hydrogen-bond donors (Lipinski definition) is 1. The quantitative estimate of drug-likeness (QED) is 0.628.